The first-order valence-electron chi connectivity index (χ1n) is 6.82. The van der Waals surface area contributed by atoms with Gasteiger partial charge in [0.1, 0.15) is 0 Å². The van der Waals surface area contributed by atoms with Crippen molar-refractivity contribution < 1.29 is 14.7 Å². The first-order valence-corrected chi connectivity index (χ1v) is 6.82. The van der Waals surface area contributed by atoms with Crippen LogP contribution in [0.2, 0.25) is 0 Å². The van der Waals surface area contributed by atoms with E-state index < -0.39 is 11.9 Å². The molecule has 2 aliphatic rings. The second kappa shape index (κ2) is 5.96. The van der Waals surface area contributed by atoms with E-state index in [0.29, 0.717) is 38.5 Å². The van der Waals surface area contributed by atoms with Crippen molar-refractivity contribution in [2.24, 2.45) is 11.8 Å². The van der Waals surface area contributed by atoms with E-state index in [1.165, 1.54) is 0 Å². The number of carboxylic acids is 1. The van der Waals surface area contributed by atoms with Crippen LogP contribution < -0.4 is 0 Å². The summed E-state index contributed by atoms with van der Waals surface area (Å²) in [5.74, 6) is 1.84. The van der Waals surface area contributed by atoms with Gasteiger partial charge in [-0.05, 0) is 31.6 Å². The first kappa shape index (κ1) is 13.7. The monoisotopic (exact) mass is 264 g/mol. The minimum atomic E-state index is -0.816. The van der Waals surface area contributed by atoms with E-state index in [-0.39, 0.29) is 6.03 Å². The summed E-state index contributed by atoms with van der Waals surface area (Å²) >= 11 is 0. The lowest BCUT2D eigenvalue weighted by atomic mass is 9.98. The average Bonchev–Trinajstić information content (AvgIpc) is 3.21. The van der Waals surface area contributed by atoms with Crippen LogP contribution in [0.25, 0.3) is 0 Å². The standard InChI is InChI=1S/C14H20N2O3/c1-2-7-15(9-11-5-6-11)14(19)16-8-3-4-12(10-16)13(17)18/h1,11-12H,3-10H2,(H,17,18)/t12-/m0/s1. The lowest BCUT2D eigenvalue weighted by Gasteiger charge is -2.34. The van der Waals surface area contributed by atoms with Gasteiger partial charge in [-0.15, -0.1) is 6.42 Å². The van der Waals surface area contributed by atoms with E-state index in [2.05, 4.69) is 5.92 Å². The van der Waals surface area contributed by atoms with Gasteiger partial charge in [0.15, 0.2) is 0 Å². The molecule has 0 bridgehead atoms. The third kappa shape index (κ3) is 3.63. The molecule has 1 saturated carbocycles. The van der Waals surface area contributed by atoms with Crippen molar-refractivity contribution in [3.8, 4) is 12.3 Å². The minimum absolute atomic E-state index is 0.101. The maximum absolute atomic E-state index is 12.4. The average molecular weight is 264 g/mol. The molecule has 2 fully saturated rings. The number of carbonyl (C=O) groups is 2. The number of carbonyl (C=O) groups excluding carboxylic acids is 1. The van der Waals surface area contributed by atoms with Gasteiger partial charge in [0.05, 0.1) is 12.5 Å². The van der Waals surface area contributed by atoms with Gasteiger partial charge in [-0.3, -0.25) is 4.79 Å². The van der Waals surface area contributed by atoms with Crippen LogP contribution in [0, 0.1) is 24.2 Å². The summed E-state index contributed by atoms with van der Waals surface area (Å²) in [6.45, 7) is 1.95. The maximum atomic E-state index is 12.4. The van der Waals surface area contributed by atoms with Gasteiger partial charge >= 0.3 is 12.0 Å². The Balaban J connectivity index is 1.95. The quantitative estimate of drug-likeness (QED) is 0.777. The zero-order valence-electron chi connectivity index (χ0n) is 11.0. The van der Waals surface area contributed by atoms with Crippen molar-refractivity contribution in [1.29, 1.82) is 0 Å². The molecule has 19 heavy (non-hydrogen) atoms. The Bertz CT molecular complexity index is 398. The third-order valence-electron chi connectivity index (χ3n) is 3.77. The topological polar surface area (TPSA) is 60.9 Å². The van der Waals surface area contributed by atoms with E-state index in [1.807, 2.05) is 0 Å². The highest BCUT2D eigenvalue weighted by Gasteiger charge is 2.32. The molecule has 1 N–H and O–H groups in total. The summed E-state index contributed by atoms with van der Waals surface area (Å²) in [6.07, 6.45) is 9.03. The van der Waals surface area contributed by atoms with Crippen LogP contribution in [-0.4, -0.2) is 53.1 Å². The number of likely N-dealkylation sites (tertiary alicyclic amines) is 1. The molecule has 1 aliphatic carbocycles. The van der Waals surface area contributed by atoms with Gasteiger partial charge in [0.2, 0.25) is 0 Å². The van der Waals surface area contributed by atoms with Gasteiger partial charge in [-0.1, -0.05) is 5.92 Å². The lowest BCUT2D eigenvalue weighted by Crippen LogP contribution is -2.49. The SMILES string of the molecule is C#CCN(CC1CC1)C(=O)N1CCC[C@H](C(=O)O)C1. The highest BCUT2D eigenvalue weighted by molar-refractivity contribution is 5.77. The normalized spacial score (nSPS) is 22.7. The van der Waals surface area contributed by atoms with Crippen molar-refractivity contribution in [3.63, 3.8) is 0 Å². The Morgan fingerprint density at radius 2 is 2.11 bits per heavy atom. The van der Waals surface area contributed by atoms with E-state index in [0.717, 1.165) is 19.3 Å². The number of terminal acetylenes is 1. The van der Waals surface area contributed by atoms with Gasteiger partial charge < -0.3 is 14.9 Å². The number of amides is 2. The van der Waals surface area contributed by atoms with Crippen LogP contribution in [0.3, 0.4) is 0 Å². The highest BCUT2D eigenvalue weighted by atomic mass is 16.4. The van der Waals surface area contributed by atoms with Crippen molar-refractivity contribution in [1.82, 2.24) is 9.80 Å². The predicted octanol–water partition coefficient (Wildman–Crippen LogP) is 1.25. The van der Waals surface area contributed by atoms with Crippen molar-refractivity contribution >= 4 is 12.0 Å². The molecule has 0 spiro atoms. The number of carboxylic acid groups (broad SMARTS) is 1. The Morgan fingerprint density at radius 1 is 1.37 bits per heavy atom. The lowest BCUT2D eigenvalue weighted by molar-refractivity contribution is -0.143. The molecule has 0 radical (unpaired) electrons. The van der Waals surface area contributed by atoms with Crippen molar-refractivity contribution in [3.05, 3.63) is 0 Å². The Hall–Kier alpha value is -1.70. The zero-order chi connectivity index (χ0) is 13.8. The molecule has 5 heteroatoms. The summed E-state index contributed by atoms with van der Waals surface area (Å²) in [5.41, 5.74) is 0. The Morgan fingerprint density at radius 3 is 2.68 bits per heavy atom. The molecule has 104 valence electrons. The number of urea groups is 1. The van der Waals surface area contributed by atoms with E-state index in [4.69, 9.17) is 11.5 Å². The minimum Gasteiger partial charge on any atom is -0.481 e. The Labute approximate surface area is 113 Å². The number of nitrogens with zero attached hydrogens (tertiary/aromatic N) is 2. The van der Waals surface area contributed by atoms with E-state index in [9.17, 15) is 9.59 Å². The fourth-order valence-corrected chi connectivity index (χ4v) is 2.49. The molecule has 1 atom stereocenters. The molecule has 0 aromatic rings. The maximum Gasteiger partial charge on any atom is 0.320 e. The third-order valence-corrected chi connectivity index (χ3v) is 3.77. The second-order valence-electron chi connectivity index (χ2n) is 5.43. The molecule has 1 saturated heterocycles. The smallest absolute Gasteiger partial charge is 0.320 e. The number of hydrogen-bond donors (Lipinski definition) is 1. The number of rotatable bonds is 4. The molecule has 0 aromatic carbocycles. The largest absolute Gasteiger partial charge is 0.481 e. The van der Waals surface area contributed by atoms with Crippen molar-refractivity contribution in [2.75, 3.05) is 26.2 Å². The van der Waals surface area contributed by atoms with Crippen LogP contribution >= 0.6 is 0 Å². The van der Waals surface area contributed by atoms with Crippen LogP contribution in [0.15, 0.2) is 0 Å². The molecule has 0 aromatic heterocycles. The van der Waals surface area contributed by atoms with Crippen LogP contribution in [0.5, 0.6) is 0 Å². The zero-order valence-corrected chi connectivity index (χ0v) is 11.0. The summed E-state index contributed by atoms with van der Waals surface area (Å²) in [5, 5.41) is 9.05. The fraction of sp³-hybridized carbons (Fsp3) is 0.714. The second-order valence-corrected chi connectivity index (χ2v) is 5.43. The summed E-state index contributed by atoms with van der Waals surface area (Å²) in [4.78, 5) is 26.7. The molecular formula is C14H20N2O3. The molecule has 1 aliphatic heterocycles. The van der Waals surface area contributed by atoms with Crippen molar-refractivity contribution in [2.45, 2.75) is 25.7 Å². The predicted molar refractivity (Wildman–Crippen MR) is 70.5 cm³/mol. The molecule has 5 nitrogen and oxygen atoms in total. The molecular weight excluding hydrogens is 244 g/mol. The van der Waals surface area contributed by atoms with Gasteiger partial charge in [-0.25, -0.2) is 4.79 Å². The number of hydrogen-bond acceptors (Lipinski definition) is 2. The molecule has 0 unspecified atom stereocenters. The number of piperidine rings is 1. The van der Waals surface area contributed by atoms with Gasteiger partial charge in [-0.2, -0.15) is 0 Å². The van der Waals surface area contributed by atoms with Crippen LogP contribution in [0.4, 0.5) is 4.79 Å². The van der Waals surface area contributed by atoms with Gasteiger partial charge in [0.25, 0.3) is 0 Å². The first-order chi connectivity index (χ1) is 9.11. The molecule has 2 amide bonds. The van der Waals surface area contributed by atoms with Crippen LogP contribution in [0.1, 0.15) is 25.7 Å². The molecule has 1 heterocycles. The summed E-state index contributed by atoms with van der Waals surface area (Å²) < 4.78 is 0. The van der Waals surface area contributed by atoms with Gasteiger partial charge in [0, 0.05) is 19.6 Å². The Kier molecular flexibility index (Phi) is 4.31. The van der Waals surface area contributed by atoms with Crippen LogP contribution in [-0.2, 0) is 4.79 Å². The summed E-state index contributed by atoms with van der Waals surface area (Å²) in [6, 6.07) is -0.101. The number of aliphatic carboxylic acids is 1. The van der Waals surface area contributed by atoms with E-state index >= 15 is 0 Å². The van der Waals surface area contributed by atoms with E-state index in [1.54, 1.807) is 9.80 Å². The highest BCUT2D eigenvalue weighted by Crippen LogP contribution is 2.30. The summed E-state index contributed by atoms with van der Waals surface area (Å²) in [7, 11) is 0. The molecule has 2 rings (SSSR count). The fourth-order valence-electron chi connectivity index (χ4n) is 2.49.